The largest absolute Gasteiger partial charge is 0.453 e. The summed E-state index contributed by atoms with van der Waals surface area (Å²) >= 11 is 5.75. The summed E-state index contributed by atoms with van der Waals surface area (Å²) in [6.07, 6.45) is 1.68. The zero-order valence-corrected chi connectivity index (χ0v) is 9.12. The van der Waals surface area contributed by atoms with E-state index in [9.17, 15) is 5.11 Å². The van der Waals surface area contributed by atoms with Gasteiger partial charge in [0.2, 0.25) is 0 Å². The lowest BCUT2D eigenvalue weighted by Crippen LogP contribution is -2.11. The molecule has 0 aromatic carbocycles. The molecule has 0 radical (unpaired) electrons. The zero-order valence-electron chi connectivity index (χ0n) is 8.37. The molecule has 0 aliphatic rings. The molecule has 0 fully saturated rings. The van der Waals surface area contributed by atoms with E-state index in [1.54, 1.807) is 13.2 Å². The molecule has 14 heavy (non-hydrogen) atoms. The minimum absolute atomic E-state index is 0.102. The number of methoxy groups -OCH3 is 1. The second-order valence-electron chi connectivity index (χ2n) is 3.35. The third-order valence-corrected chi connectivity index (χ3v) is 2.59. The lowest BCUT2D eigenvalue weighted by molar-refractivity contribution is 0.0882. The van der Waals surface area contributed by atoms with Crippen molar-refractivity contribution in [2.24, 2.45) is 5.92 Å². The van der Waals surface area contributed by atoms with Crippen LogP contribution in [0.1, 0.15) is 25.0 Å². The highest BCUT2D eigenvalue weighted by molar-refractivity contribution is 6.29. The predicted octanol–water partition coefficient (Wildman–Crippen LogP) is 2.64. The van der Waals surface area contributed by atoms with Crippen molar-refractivity contribution in [1.29, 1.82) is 0 Å². The minimum Gasteiger partial charge on any atom is -0.453 e. The summed E-state index contributed by atoms with van der Waals surface area (Å²) in [5, 5.41) is 10.2. The summed E-state index contributed by atoms with van der Waals surface area (Å²) in [5.74, 6) is 0.102. The maximum atomic E-state index is 9.89. The fourth-order valence-electron chi connectivity index (χ4n) is 1.28. The number of hydrogen-bond donors (Lipinski definition) is 1. The van der Waals surface area contributed by atoms with Crippen molar-refractivity contribution >= 4 is 11.6 Å². The van der Waals surface area contributed by atoms with E-state index in [0.29, 0.717) is 12.2 Å². The van der Waals surface area contributed by atoms with Gasteiger partial charge in [0.05, 0.1) is 12.4 Å². The number of aliphatic hydroxyl groups is 1. The quantitative estimate of drug-likeness (QED) is 0.826. The van der Waals surface area contributed by atoms with Crippen molar-refractivity contribution in [3.8, 4) is 0 Å². The molecule has 1 aromatic heterocycles. The maximum Gasteiger partial charge on any atom is 0.198 e. The SMILES string of the molecule is COCCC(C)C(O)c1ccoc1Cl. The van der Waals surface area contributed by atoms with Crippen molar-refractivity contribution < 1.29 is 14.3 Å². The van der Waals surface area contributed by atoms with Crippen molar-refractivity contribution in [1.82, 2.24) is 0 Å². The van der Waals surface area contributed by atoms with Gasteiger partial charge in [-0.05, 0) is 30.0 Å². The summed E-state index contributed by atoms with van der Waals surface area (Å²) < 4.78 is 9.86. The maximum absolute atomic E-state index is 9.89. The third-order valence-electron chi connectivity index (χ3n) is 2.28. The van der Waals surface area contributed by atoms with Gasteiger partial charge in [-0.15, -0.1) is 0 Å². The highest BCUT2D eigenvalue weighted by Crippen LogP contribution is 2.30. The Morgan fingerprint density at radius 1 is 1.64 bits per heavy atom. The van der Waals surface area contributed by atoms with E-state index in [4.69, 9.17) is 20.8 Å². The van der Waals surface area contributed by atoms with Gasteiger partial charge in [0, 0.05) is 19.3 Å². The lowest BCUT2D eigenvalue weighted by Gasteiger charge is -2.17. The number of ether oxygens (including phenoxy) is 1. The van der Waals surface area contributed by atoms with E-state index >= 15 is 0 Å². The Hall–Kier alpha value is -0.510. The average Bonchev–Trinajstić information content (AvgIpc) is 2.59. The Labute approximate surface area is 88.6 Å². The van der Waals surface area contributed by atoms with Gasteiger partial charge < -0.3 is 14.3 Å². The number of hydrogen-bond acceptors (Lipinski definition) is 3. The molecule has 0 saturated heterocycles. The second-order valence-corrected chi connectivity index (χ2v) is 3.70. The molecule has 1 rings (SSSR count). The van der Waals surface area contributed by atoms with Gasteiger partial charge >= 0.3 is 0 Å². The van der Waals surface area contributed by atoms with Gasteiger partial charge in [0.1, 0.15) is 0 Å². The number of halogens is 1. The standard InChI is InChI=1S/C10H15ClO3/c1-7(3-5-13-2)9(12)8-4-6-14-10(8)11/h4,6-7,9,12H,3,5H2,1-2H3. The number of rotatable bonds is 5. The molecule has 80 valence electrons. The third kappa shape index (κ3) is 2.74. The molecule has 0 bridgehead atoms. The highest BCUT2D eigenvalue weighted by atomic mass is 35.5. The summed E-state index contributed by atoms with van der Waals surface area (Å²) in [5.41, 5.74) is 0.648. The molecule has 4 heteroatoms. The molecule has 2 atom stereocenters. The Balaban J connectivity index is 2.56. The molecule has 1 heterocycles. The predicted molar refractivity (Wildman–Crippen MR) is 54.3 cm³/mol. The second kappa shape index (κ2) is 5.39. The van der Waals surface area contributed by atoms with Crippen LogP contribution < -0.4 is 0 Å². The fourth-order valence-corrected chi connectivity index (χ4v) is 1.51. The molecule has 0 aliphatic heterocycles. The molecule has 2 unspecified atom stereocenters. The van der Waals surface area contributed by atoms with Crippen molar-refractivity contribution in [3.63, 3.8) is 0 Å². The summed E-state index contributed by atoms with van der Waals surface area (Å²) in [7, 11) is 1.64. The molecular formula is C10H15ClO3. The normalized spacial score (nSPS) is 15.4. The van der Waals surface area contributed by atoms with Crippen LogP contribution in [-0.2, 0) is 4.74 Å². The zero-order chi connectivity index (χ0) is 10.6. The van der Waals surface area contributed by atoms with Crippen LogP contribution in [0.25, 0.3) is 0 Å². The van der Waals surface area contributed by atoms with Gasteiger partial charge in [-0.2, -0.15) is 0 Å². The van der Waals surface area contributed by atoms with Crippen LogP contribution in [0, 0.1) is 5.92 Å². The van der Waals surface area contributed by atoms with Crippen molar-refractivity contribution in [3.05, 3.63) is 23.1 Å². The minimum atomic E-state index is -0.587. The Morgan fingerprint density at radius 2 is 2.36 bits per heavy atom. The van der Waals surface area contributed by atoms with Crippen LogP contribution in [0.15, 0.2) is 16.7 Å². The monoisotopic (exact) mass is 218 g/mol. The summed E-state index contributed by atoms with van der Waals surface area (Å²) in [4.78, 5) is 0. The fraction of sp³-hybridized carbons (Fsp3) is 0.600. The first-order valence-electron chi connectivity index (χ1n) is 4.56. The first kappa shape index (κ1) is 11.6. The molecule has 0 spiro atoms. The first-order chi connectivity index (χ1) is 6.66. The van der Waals surface area contributed by atoms with E-state index in [0.717, 1.165) is 6.42 Å². The Kier molecular flexibility index (Phi) is 4.45. The molecule has 1 N–H and O–H groups in total. The molecule has 3 nitrogen and oxygen atoms in total. The Bertz CT molecular complexity index is 272. The first-order valence-corrected chi connectivity index (χ1v) is 4.94. The smallest absolute Gasteiger partial charge is 0.198 e. The van der Waals surface area contributed by atoms with Gasteiger partial charge in [-0.1, -0.05) is 6.92 Å². The average molecular weight is 219 g/mol. The topological polar surface area (TPSA) is 42.6 Å². The van der Waals surface area contributed by atoms with E-state index in [2.05, 4.69) is 0 Å². The molecule has 1 aromatic rings. The number of aliphatic hydroxyl groups excluding tert-OH is 1. The molecule has 0 aliphatic carbocycles. The van der Waals surface area contributed by atoms with Gasteiger partial charge in [0.25, 0.3) is 0 Å². The summed E-state index contributed by atoms with van der Waals surface area (Å²) in [6.45, 7) is 2.58. The van der Waals surface area contributed by atoms with Crippen LogP contribution in [-0.4, -0.2) is 18.8 Å². The van der Waals surface area contributed by atoms with E-state index in [-0.39, 0.29) is 11.1 Å². The van der Waals surface area contributed by atoms with Crippen molar-refractivity contribution in [2.75, 3.05) is 13.7 Å². The summed E-state index contributed by atoms with van der Waals surface area (Å²) in [6, 6.07) is 1.69. The molecule has 0 saturated carbocycles. The van der Waals surface area contributed by atoms with Crippen molar-refractivity contribution in [2.45, 2.75) is 19.4 Å². The molecular weight excluding hydrogens is 204 g/mol. The van der Waals surface area contributed by atoms with E-state index in [1.165, 1.54) is 6.26 Å². The van der Waals surface area contributed by atoms with Gasteiger partial charge in [-0.3, -0.25) is 0 Å². The molecule has 0 amide bonds. The van der Waals surface area contributed by atoms with Gasteiger partial charge in [-0.25, -0.2) is 0 Å². The number of furan rings is 1. The van der Waals surface area contributed by atoms with Crippen LogP contribution in [0.3, 0.4) is 0 Å². The van der Waals surface area contributed by atoms with Crippen LogP contribution in [0.4, 0.5) is 0 Å². The van der Waals surface area contributed by atoms with Crippen LogP contribution in [0.5, 0.6) is 0 Å². The lowest BCUT2D eigenvalue weighted by atomic mass is 9.97. The van der Waals surface area contributed by atoms with E-state index < -0.39 is 6.10 Å². The van der Waals surface area contributed by atoms with Crippen LogP contribution in [0.2, 0.25) is 5.22 Å². The van der Waals surface area contributed by atoms with E-state index in [1.807, 2.05) is 6.92 Å². The Morgan fingerprint density at radius 3 is 2.86 bits per heavy atom. The van der Waals surface area contributed by atoms with Crippen LogP contribution >= 0.6 is 11.6 Å². The van der Waals surface area contributed by atoms with Gasteiger partial charge in [0.15, 0.2) is 5.22 Å². The highest BCUT2D eigenvalue weighted by Gasteiger charge is 2.20.